The van der Waals surface area contributed by atoms with E-state index in [1.165, 1.54) is 32.3 Å². The molecule has 4 heterocycles. The van der Waals surface area contributed by atoms with Gasteiger partial charge in [0.05, 0.1) is 0 Å². The Morgan fingerprint density at radius 3 is 1.07 bits per heavy atom. The molecule has 4 aliphatic heterocycles. The van der Waals surface area contributed by atoms with Gasteiger partial charge in [-0.05, 0) is 72.5 Å². The van der Waals surface area contributed by atoms with Gasteiger partial charge in [0.25, 0.3) is 0 Å². The van der Waals surface area contributed by atoms with E-state index in [1.54, 1.807) is 0 Å². The van der Waals surface area contributed by atoms with Crippen molar-refractivity contribution in [1.82, 2.24) is 0 Å². The van der Waals surface area contributed by atoms with Gasteiger partial charge in [-0.15, -0.1) is 0 Å². The first-order valence-corrected chi connectivity index (χ1v) is 11.4. The number of hydrogen-bond acceptors (Lipinski definition) is 0. The lowest BCUT2D eigenvalue weighted by atomic mass is 10.0. The summed E-state index contributed by atoms with van der Waals surface area (Å²) < 4.78 is 0. The van der Waals surface area contributed by atoms with Gasteiger partial charge in [-0.2, -0.15) is 0 Å². The second-order valence-electron chi connectivity index (χ2n) is 7.17. The van der Waals surface area contributed by atoms with Crippen LogP contribution in [0.2, 0.25) is 0 Å². The summed E-state index contributed by atoms with van der Waals surface area (Å²) in [7, 11) is -1.92. The molecule has 0 amide bonds. The van der Waals surface area contributed by atoms with E-state index in [9.17, 15) is 0 Å². The molecule has 0 aromatic heterocycles. The van der Waals surface area contributed by atoms with Gasteiger partial charge in [-0.3, -0.25) is 0 Å². The van der Waals surface area contributed by atoms with Crippen LogP contribution in [0, 0.1) is 0 Å². The number of rotatable bonds is 2. The Labute approximate surface area is 161 Å². The molecule has 1 heteroatoms. The molecule has 0 radical (unpaired) electrons. The minimum atomic E-state index is -1.92. The minimum absolute atomic E-state index is 1.10. The van der Waals surface area contributed by atoms with Crippen LogP contribution in [-0.4, -0.2) is 0 Å². The summed E-state index contributed by atoms with van der Waals surface area (Å²) in [6.07, 6.45) is 2.20. The molecule has 27 heavy (non-hydrogen) atoms. The standard InChI is InChI=1S/C26H22P/c1-3-7-23(8-4-1)27(24-9-5-2-6-10-24)25-17-13-21(14-18-25)11-12-22-15-19-26(27)20-16-22/h1-10,13-20H,11-12H2/q+1. The van der Waals surface area contributed by atoms with Crippen LogP contribution in [0.3, 0.4) is 0 Å². The zero-order valence-electron chi connectivity index (χ0n) is 15.3. The Kier molecular flexibility index (Phi) is 4.15. The van der Waals surface area contributed by atoms with Crippen LogP contribution < -0.4 is 21.2 Å². The Bertz CT molecular complexity index is 944. The maximum atomic E-state index is 2.38. The van der Waals surface area contributed by atoms with Crippen molar-refractivity contribution in [2.75, 3.05) is 0 Å². The van der Waals surface area contributed by atoms with Crippen molar-refractivity contribution in [2.45, 2.75) is 12.8 Å². The fourth-order valence-corrected chi connectivity index (χ4v) is 8.48. The molecule has 4 bridgehead atoms. The minimum Gasteiger partial charge on any atom is -0.0620 e. The maximum absolute atomic E-state index is 2.38. The Morgan fingerprint density at radius 2 is 0.704 bits per heavy atom. The summed E-state index contributed by atoms with van der Waals surface area (Å²) >= 11 is 0. The molecule has 0 unspecified atom stereocenters. The lowest BCUT2D eigenvalue weighted by molar-refractivity contribution is 0.962. The second-order valence-corrected chi connectivity index (χ2v) is 10.6. The third-order valence-electron chi connectivity index (χ3n) is 5.64. The highest BCUT2D eigenvalue weighted by atomic mass is 31.2. The van der Waals surface area contributed by atoms with Crippen molar-refractivity contribution < 1.29 is 0 Å². The fraction of sp³-hybridized carbons (Fsp3) is 0.0769. The zero-order valence-corrected chi connectivity index (χ0v) is 16.1. The van der Waals surface area contributed by atoms with E-state index in [-0.39, 0.29) is 0 Å². The topological polar surface area (TPSA) is 0 Å². The summed E-state index contributed by atoms with van der Waals surface area (Å²) in [6, 6.07) is 41.0. The highest BCUT2D eigenvalue weighted by Crippen LogP contribution is 2.54. The Hall–Kier alpha value is -2.69. The van der Waals surface area contributed by atoms with Gasteiger partial charge >= 0.3 is 0 Å². The van der Waals surface area contributed by atoms with Crippen molar-refractivity contribution in [1.29, 1.82) is 0 Å². The SMILES string of the molecule is c1ccc([P+]2(c3ccccc3)c3ccc(cc3)CCc3ccc2cc3)cc1. The summed E-state index contributed by atoms with van der Waals surface area (Å²) in [6.45, 7) is 0. The average molecular weight is 365 g/mol. The van der Waals surface area contributed by atoms with Gasteiger partial charge in [-0.1, -0.05) is 60.7 Å². The van der Waals surface area contributed by atoms with Gasteiger partial charge < -0.3 is 0 Å². The molecule has 8 rings (SSSR count). The van der Waals surface area contributed by atoms with E-state index in [1.807, 2.05) is 0 Å². The van der Waals surface area contributed by atoms with Crippen LogP contribution in [0.15, 0.2) is 109 Å². The van der Waals surface area contributed by atoms with Crippen LogP contribution in [-0.2, 0) is 12.8 Å². The molecule has 130 valence electrons. The van der Waals surface area contributed by atoms with Crippen molar-refractivity contribution in [3.8, 4) is 0 Å². The lowest BCUT2D eigenvalue weighted by Gasteiger charge is -2.27. The zero-order chi connectivity index (χ0) is 18.1. The average Bonchev–Trinajstić information content (AvgIpc) is 2.83. The molecule has 0 saturated heterocycles. The van der Waals surface area contributed by atoms with Crippen LogP contribution in [0.5, 0.6) is 0 Å². The predicted octanol–water partition coefficient (Wildman–Crippen LogP) is 4.40. The van der Waals surface area contributed by atoms with Crippen LogP contribution in [0.1, 0.15) is 11.1 Å². The Balaban J connectivity index is 1.92. The van der Waals surface area contributed by atoms with E-state index >= 15 is 0 Å². The van der Waals surface area contributed by atoms with Crippen molar-refractivity contribution in [2.24, 2.45) is 0 Å². The predicted molar refractivity (Wildman–Crippen MR) is 119 cm³/mol. The third kappa shape index (κ3) is 2.73. The van der Waals surface area contributed by atoms with Crippen molar-refractivity contribution in [3.05, 3.63) is 120 Å². The van der Waals surface area contributed by atoms with E-state index in [0.717, 1.165) is 12.8 Å². The van der Waals surface area contributed by atoms with E-state index in [4.69, 9.17) is 0 Å². The molecule has 0 atom stereocenters. The molecule has 4 aromatic rings. The summed E-state index contributed by atoms with van der Waals surface area (Å²) in [4.78, 5) is 0. The van der Waals surface area contributed by atoms with E-state index in [0.29, 0.717) is 0 Å². The number of benzene rings is 4. The number of aryl methyl sites for hydroxylation is 2. The quantitative estimate of drug-likeness (QED) is 0.462. The Morgan fingerprint density at radius 1 is 0.370 bits per heavy atom. The van der Waals surface area contributed by atoms with Gasteiger partial charge in [0.1, 0.15) is 28.5 Å². The molecule has 0 spiro atoms. The monoisotopic (exact) mass is 365 g/mol. The van der Waals surface area contributed by atoms with Crippen LogP contribution in [0.4, 0.5) is 0 Å². The van der Waals surface area contributed by atoms with Gasteiger partial charge in [0.15, 0.2) is 0 Å². The van der Waals surface area contributed by atoms with E-state index < -0.39 is 7.26 Å². The first-order chi connectivity index (χ1) is 13.4. The van der Waals surface area contributed by atoms with Crippen molar-refractivity contribution in [3.63, 3.8) is 0 Å². The lowest BCUT2D eigenvalue weighted by Crippen LogP contribution is -2.38. The summed E-state index contributed by atoms with van der Waals surface area (Å²) in [5.41, 5.74) is 2.84. The molecule has 0 N–H and O–H groups in total. The first-order valence-electron chi connectivity index (χ1n) is 9.57. The fourth-order valence-electron chi connectivity index (χ4n) is 4.26. The molecule has 0 fully saturated rings. The first kappa shape index (κ1) is 16.5. The van der Waals surface area contributed by atoms with Gasteiger partial charge in [0.2, 0.25) is 0 Å². The summed E-state index contributed by atoms with van der Waals surface area (Å²) in [5.74, 6) is 0. The molecular formula is C26H22P+. The van der Waals surface area contributed by atoms with Gasteiger partial charge in [-0.25, -0.2) is 0 Å². The maximum Gasteiger partial charge on any atom is 0.144 e. The molecule has 4 aromatic carbocycles. The van der Waals surface area contributed by atoms with Crippen LogP contribution >= 0.6 is 7.26 Å². The highest BCUT2D eigenvalue weighted by molar-refractivity contribution is 8.01. The van der Waals surface area contributed by atoms with Gasteiger partial charge in [0, 0.05) is 0 Å². The molecule has 0 nitrogen and oxygen atoms in total. The van der Waals surface area contributed by atoms with Crippen molar-refractivity contribution >= 4 is 28.5 Å². The smallest absolute Gasteiger partial charge is 0.0620 e. The van der Waals surface area contributed by atoms with Crippen LogP contribution in [0.25, 0.3) is 0 Å². The largest absolute Gasteiger partial charge is 0.144 e. The summed E-state index contributed by atoms with van der Waals surface area (Å²) in [5, 5.41) is 5.68. The molecule has 0 saturated carbocycles. The molecule has 0 aliphatic carbocycles. The third-order valence-corrected chi connectivity index (χ3v) is 9.93. The van der Waals surface area contributed by atoms with E-state index in [2.05, 4.69) is 109 Å². The second kappa shape index (κ2) is 6.80. The highest BCUT2D eigenvalue weighted by Gasteiger charge is 2.47. The molecule has 4 aliphatic rings. The normalized spacial score (nSPS) is 14.7. The molecular weight excluding hydrogens is 343 g/mol. The number of hydrogen-bond donors (Lipinski definition) is 0.